The van der Waals surface area contributed by atoms with Crippen LogP contribution in [-0.4, -0.2) is 40.8 Å². The van der Waals surface area contributed by atoms with Crippen molar-refractivity contribution in [3.8, 4) is 0 Å². The number of likely N-dealkylation sites (tertiary alicyclic amines) is 1. The summed E-state index contributed by atoms with van der Waals surface area (Å²) in [7, 11) is 0. The number of nitrogens with one attached hydrogen (secondary N) is 2. The Labute approximate surface area is 186 Å². The van der Waals surface area contributed by atoms with Gasteiger partial charge in [-0.2, -0.15) is 0 Å². The van der Waals surface area contributed by atoms with Crippen LogP contribution in [0.3, 0.4) is 0 Å². The first kappa shape index (κ1) is 20.1. The number of amides is 2. The van der Waals surface area contributed by atoms with Gasteiger partial charge in [-0.3, -0.25) is 9.59 Å². The summed E-state index contributed by atoms with van der Waals surface area (Å²) in [5.74, 6) is -0.0929. The van der Waals surface area contributed by atoms with E-state index in [-0.39, 0.29) is 23.5 Å². The number of fused-ring (bicyclic) bond motifs is 1. The zero-order valence-electron chi connectivity index (χ0n) is 17.7. The van der Waals surface area contributed by atoms with Crippen molar-refractivity contribution in [1.82, 2.24) is 15.2 Å². The largest absolute Gasteiger partial charge is 0.459 e. The molecule has 5 rings (SSSR count). The predicted octanol–water partition coefficient (Wildman–Crippen LogP) is 4.31. The molecule has 162 valence electrons. The minimum Gasteiger partial charge on any atom is -0.459 e. The van der Waals surface area contributed by atoms with Gasteiger partial charge in [0.05, 0.1) is 6.26 Å². The molecule has 1 aliphatic rings. The summed E-state index contributed by atoms with van der Waals surface area (Å²) in [6.45, 7) is 1.01. The maximum atomic E-state index is 13.2. The Morgan fingerprint density at radius 3 is 2.69 bits per heavy atom. The summed E-state index contributed by atoms with van der Waals surface area (Å²) in [5.41, 5.74) is 3.34. The fourth-order valence-electron chi connectivity index (χ4n) is 4.62. The Bertz CT molecular complexity index is 1210. The molecule has 32 heavy (non-hydrogen) atoms. The summed E-state index contributed by atoms with van der Waals surface area (Å²) in [5, 5.41) is 4.27. The second kappa shape index (κ2) is 8.75. The quantitative estimate of drug-likeness (QED) is 0.481. The number of hydrogen-bond acceptors (Lipinski definition) is 3. The van der Waals surface area contributed by atoms with Crippen molar-refractivity contribution >= 4 is 22.7 Å². The van der Waals surface area contributed by atoms with Crippen LogP contribution in [0.15, 0.2) is 83.6 Å². The molecule has 2 N–H and O–H groups in total. The second-order valence-corrected chi connectivity index (χ2v) is 8.13. The molecule has 0 saturated carbocycles. The lowest BCUT2D eigenvalue weighted by Crippen LogP contribution is -2.46. The molecule has 2 amide bonds. The van der Waals surface area contributed by atoms with E-state index in [2.05, 4.69) is 34.6 Å². The minimum absolute atomic E-state index is 0.00747. The Morgan fingerprint density at radius 2 is 1.88 bits per heavy atom. The first-order chi connectivity index (χ1) is 15.7. The normalized spacial score (nSPS) is 16.9. The van der Waals surface area contributed by atoms with Crippen LogP contribution in [0.2, 0.25) is 0 Å². The van der Waals surface area contributed by atoms with Crippen molar-refractivity contribution in [2.75, 3.05) is 13.1 Å². The van der Waals surface area contributed by atoms with Crippen LogP contribution >= 0.6 is 0 Å². The summed E-state index contributed by atoms with van der Waals surface area (Å²) in [6.07, 6.45) is 4.96. The number of aromatic amines is 1. The van der Waals surface area contributed by atoms with E-state index in [1.165, 1.54) is 6.26 Å². The fourth-order valence-corrected chi connectivity index (χ4v) is 4.62. The zero-order chi connectivity index (χ0) is 21.9. The number of furan rings is 1. The third-order valence-electron chi connectivity index (χ3n) is 6.23. The number of rotatable bonds is 6. The summed E-state index contributed by atoms with van der Waals surface area (Å²) >= 11 is 0. The lowest BCUT2D eigenvalue weighted by Gasteiger charge is -2.25. The number of para-hydroxylation sites is 1. The van der Waals surface area contributed by atoms with Gasteiger partial charge >= 0.3 is 0 Å². The van der Waals surface area contributed by atoms with Crippen LogP contribution in [0.4, 0.5) is 0 Å². The topological polar surface area (TPSA) is 78.3 Å². The lowest BCUT2D eigenvalue weighted by atomic mass is 9.91. The highest BCUT2D eigenvalue weighted by molar-refractivity contribution is 5.96. The van der Waals surface area contributed by atoms with E-state index in [1.807, 2.05) is 36.5 Å². The van der Waals surface area contributed by atoms with Crippen molar-refractivity contribution in [2.24, 2.45) is 0 Å². The first-order valence-electron chi connectivity index (χ1n) is 11.0. The van der Waals surface area contributed by atoms with Crippen LogP contribution in [-0.2, 0) is 4.79 Å². The molecular formula is C26H25N3O3. The molecular weight excluding hydrogens is 402 g/mol. The van der Waals surface area contributed by atoms with Gasteiger partial charge in [-0.15, -0.1) is 0 Å². The van der Waals surface area contributed by atoms with Crippen molar-refractivity contribution < 1.29 is 14.0 Å². The van der Waals surface area contributed by atoms with E-state index >= 15 is 0 Å². The molecule has 2 aromatic carbocycles. The SMILES string of the molecule is O=C(NC[C@H](c1ccccc1)c1c[nH]c2ccccc12)[C@H]1CCCN1C(=O)c1ccco1. The lowest BCUT2D eigenvalue weighted by molar-refractivity contribution is -0.124. The molecule has 1 fully saturated rings. The smallest absolute Gasteiger partial charge is 0.290 e. The molecule has 2 atom stereocenters. The van der Waals surface area contributed by atoms with Gasteiger partial charge < -0.3 is 19.6 Å². The molecule has 0 bridgehead atoms. The standard InChI is InChI=1S/C26H25N3O3/c30-25(23-12-6-14-29(23)26(31)24-13-7-15-32-24)28-16-20(18-8-2-1-3-9-18)21-17-27-22-11-5-4-10-19(21)22/h1-5,7-11,13,15,17,20,23,27H,6,12,14,16H2,(H,28,30)/t20-,23-/m1/s1. The number of benzene rings is 2. The second-order valence-electron chi connectivity index (χ2n) is 8.13. The molecule has 2 aromatic heterocycles. The van der Waals surface area contributed by atoms with Crippen molar-refractivity contribution in [3.05, 3.63) is 96.1 Å². The van der Waals surface area contributed by atoms with E-state index in [1.54, 1.807) is 17.0 Å². The maximum absolute atomic E-state index is 13.2. The fraction of sp³-hybridized carbons (Fsp3) is 0.231. The Hall–Kier alpha value is -3.80. The van der Waals surface area contributed by atoms with Gasteiger partial charge in [0.25, 0.3) is 5.91 Å². The molecule has 6 heteroatoms. The molecule has 1 aliphatic heterocycles. The van der Waals surface area contributed by atoms with Crippen molar-refractivity contribution in [2.45, 2.75) is 24.8 Å². The Kier molecular flexibility index (Phi) is 5.50. The monoisotopic (exact) mass is 427 g/mol. The van der Waals surface area contributed by atoms with Gasteiger partial charge in [0, 0.05) is 36.1 Å². The van der Waals surface area contributed by atoms with Crippen molar-refractivity contribution in [3.63, 3.8) is 0 Å². The average molecular weight is 428 g/mol. The zero-order valence-corrected chi connectivity index (χ0v) is 17.7. The highest BCUT2D eigenvalue weighted by Gasteiger charge is 2.35. The third kappa shape index (κ3) is 3.80. The van der Waals surface area contributed by atoms with E-state index in [0.29, 0.717) is 19.5 Å². The van der Waals surface area contributed by atoms with Crippen LogP contribution < -0.4 is 5.32 Å². The number of carbonyl (C=O) groups excluding carboxylic acids is 2. The number of aromatic nitrogens is 1. The maximum Gasteiger partial charge on any atom is 0.290 e. The van der Waals surface area contributed by atoms with Gasteiger partial charge in [-0.1, -0.05) is 48.5 Å². The molecule has 3 heterocycles. The van der Waals surface area contributed by atoms with Gasteiger partial charge in [-0.25, -0.2) is 0 Å². The molecule has 0 radical (unpaired) electrons. The number of H-pyrrole nitrogens is 1. The van der Waals surface area contributed by atoms with Crippen LogP contribution in [0.5, 0.6) is 0 Å². The number of carbonyl (C=O) groups is 2. The van der Waals surface area contributed by atoms with Crippen LogP contribution in [0, 0.1) is 0 Å². The molecule has 0 unspecified atom stereocenters. The minimum atomic E-state index is -0.480. The van der Waals surface area contributed by atoms with Crippen LogP contribution in [0.25, 0.3) is 10.9 Å². The highest BCUT2D eigenvalue weighted by Crippen LogP contribution is 2.30. The van der Waals surface area contributed by atoms with E-state index in [9.17, 15) is 9.59 Å². The Balaban J connectivity index is 1.36. The average Bonchev–Trinajstić information content (AvgIpc) is 3.60. The summed E-state index contributed by atoms with van der Waals surface area (Å²) in [6, 6.07) is 21.2. The van der Waals surface area contributed by atoms with Gasteiger partial charge in [0.15, 0.2) is 5.76 Å². The Morgan fingerprint density at radius 1 is 1.06 bits per heavy atom. The van der Waals surface area contributed by atoms with Crippen LogP contribution in [0.1, 0.15) is 40.4 Å². The summed E-state index contributed by atoms with van der Waals surface area (Å²) in [4.78, 5) is 30.9. The highest BCUT2D eigenvalue weighted by atomic mass is 16.3. The van der Waals surface area contributed by atoms with Gasteiger partial charge in [0.2, 0.25) is 5.91 Å². The van der Waals surface area contributed by atoms with E-state index < -0.39 is 6.04 Å². The molecule has 6 nitrogen and oxygen atoms in total. The number of hydrogen-bond donors (Lipinski definition) is 2. The van der Waals surface area contributed by atoms with Crippen molar-refractivity contribution in [1.29, 1.82) is 0 Å². The predicted molar refractivity (Wildman–Crippen MR) is 122 cm³/mol. The van der Waals surface area contributed by atoms with E-state index in [4.69, 9.17) is 4.42 Å². The third-order valence-corrected chi connectivity index (χ3v) is 6.23. The summed E-state index contributed by atoms with van der Waals surface area (Å²) < 4.78 is 5.26. The van der Waals surface area contributed by atoms with E-state index in [0.717, 1.165) is 28.5 Å². The number of nitrogens with zero attached hydrogens (tertiary/aromatic N) is 1. The van der Waals surface area contributed by atoms with Gasteiger partial charge in [-0.05, 0) is 42.2 Å². The first-order valence-corrected chi connectivity index (χ1v) is 11.0. The van der Waals surface area contributed by atoms with Gasteiger partial charge in [0.1, 0.15) is 6.04 Å². The molecule has 4 aromatic rings. The molecule has 1 saturated heterocycles. The molecule has 0 aliphatic carbocycles. The molecule has 0 spiro atoms.